The van der Waals surface area contributed by atoms with Crippen LogP contribution in [0.1, 0.15) is 31.2 Å². The average molecular weight is 264 g/mol. The number of rotatable bonds is 2. The minimum absolute atomic E-state index is 0.277. The third-order valence-electron chi connectivity index (χ3n) is 3.95. The van der Waals surface area contributed by atoms with E-state index in [0.717, 1.165) is 19.3 Å². The lowest BCUT2D eigenvalue weighted by Gasteiger charge is -2.08. The van der Waals surface area contributed by atoms with Crippen LogP contribution in [0.5, 0.6) is 0 Å². The van der Waals surface area contributed by atoms with Gasteiger partial charge in [0.2, 0.25) is 0 Å². The van der Waals surface area contributed by atoms with Crippen molar-refractivity contribution in [1.29, 1.82) is 0 Å². The van der Waals surface area contributed by atoms with Gasteiger partial charge in [0.1, 0.15) is 0 Å². The van der Waals surface area contributed by atoms with E-state index >= 15 is 0 Å². The van der Waals surface area contributed by atoms with Crippen LogP contribution in [0.3, 0.4) is 0 Å². The van der Waals surface area contributed by atoms with E-state index in [4.69, 9.17) is 0 Å². The molecule has 0 heterocycles. The second-order valence-electron chi connectivity index (χ2n) is 5.45. The maximum atomic E-state index is 9.88. The summed E-state index contributed by atoms with van der Waals surface area (Å²) < 4.78 is 0. The highest BCUT2D eigenvalue weighted by Crippen LogP contribution is 2.28. The minimum atomic E-state index is -0.277. The second kappa shape index (κ2) is 6.06. The van der Waals surface area contributed by atoms with E-state index in [0.29, 0.717) is 0 Å². The summed E-state index contributed by atoms with van der Waals surface area (Å²) in [6.45, 7) is 0. The maximum Gasteiger partial charge on any atom is 0.0726 e. The van der Waals surface area contributed by atoms with Gasteiger partial charge in [-0.05, 0) is 41.5 Å². The third kappa shape index (κ3) is 3.00. The van der Waals surface area contributed by atoms with Crippen molar-refractivity contribution in [2.75, 3.05) is 0 Å². The van der Waals surface area contributed by atoms with Crippen molar-refractivity contribution in [2.24, 2.45) is 0 Å². The zero-order valence-corrected chi connectivity index (χ0v) is 11.6. The van der Waals surface area contributed by atoms with Gasteiger partial charge in [0, 0.05) is 0 Å². The predicted octanol–water partition coefficient (Wildman–Crippen LogP) is 4.67. The van der Waals surface area contributed by atoms with Crippen molar-refractivity contribution in [3.63, 3.8) is 0 Å². The van der Waals surface area contributed by atoms with Crippen LogP contribution in [0.4, 0.5) is 0 Å². The van der Waals surface area contributed by atoms with Gasteiger partial charge < -0.3 is 5.11 Å². The SMILES string of the molecule is OC1C=C(c2ccc(-c3ccccc3)cc2)CCCC1. The maximum absolute atomic E-state index is 9.88. The topological polar surface area (TPSA) is 20.2 Å². The third-order valence-corrected chi connectivity index (χ3v) is 3.95. The normalized spacial score (nSPS) is 19.2. The molecule has 1 nitrogen and oxygen atoms in total. The Balaban J connectivity index is 1.86. The van der Waals surface area contributed by atoms with Crippen LogP contribution < -0.4 is 0 Å². The molecular formula is C19H20O. The average Bonchev–Trinajstić information content (AvgIpc) is 2.73. The molecule has 2 aromatic carbocycles. The Kier molecular flexibility index (Phi) is 3.98. The molecule has 1 aliphatic carbocycles. The first-order valence-corrected chi connectivity index (χ1v) is 7.37. The van der Waals surface area contributed by atoms with Crippen molar-refractivity contribution < 1.29 is 5.11 Å². The molecule has 0 fully saturated rings. The molecule has 1 N–H and O–H groups in total. The van der Waals surface area contributed by atoms with Crippen LogP contribution in [0.25, 0.3) is 16.7 Å². The molecule has 0 aromatic heterocycles. The Morgan fingerprint density at radius 2 is 1.40 bits per heavy atom. The molecule has 2 aromatic rings. The second-order valence-corrected chi connectivity index (χ2v) is 5.45. The largest absolute Gasteiger partial charge is 0.389 e. The summed E-state index contributed by atoms with van der Waals surface area (Å²) in [5, 5.41) is 9.88. The van der Waals surface area contributed by atoms with Crippen molar-refractivity contribution in [2.45, 2.75) is 31.8 Å². The number of benzene rings is 2. The summed E-state index contributed by atoms with van der Waals surface area (Å²) in [6, 6.07) is 19.1. The van der Waals surface area contributed by atoms with Gasteiger partial charge in [0.15, 0.2) is 0 Å². The van der Waals surface area contributed by atoms with Gasteiger partial charge >= 0.3 is 0 Å². The molecule has 0 bridgehead atoms. The van der Waals surface area contributed by atoms with E-state index in [-0.39, 0.29) is 6.10 Å². The fourth-order valence-corrected chi connectivity index (χ4v) is 2.82. The van der Waals surface area contributed by atoms with E-state index in [1.54, 1.807) is 0 Å². The highest BCUT2D eigenvalue weighted by Gasteiger charge is 2.10. The van der Waals surface area contributed by atoms with E-state index < -0.39 is 0 Å². The first-order chi connectivity index (χ1) is 9.83. The molecule has 102 valence electrons. The van der Waals surface area contributed by atoms with Crippen LogP contribution in [-0.2, 0) is 0 Å². The summed E-state index contributed by atoms with van der Waals surface area (Å²) in [5.74, 6) is 0. The fraction of sp³-hybridized carbons (Fsp3) is 0.263. The van der Waals surface area contributed by atoms with Gasteiger partial charge in [-0.25, -0.2) is 0 Å². The van der Waals surface area contributed by atoms with E-state index in [9.17, 15) is 5.11 Å². The van der Waals surface area contributed by atoms with Crippen LogP contribution >= 0.6 is 0 Å². The Morgan fingerprint density at radius 3 is 2.15 bits per heavy atom. The van der Waals surface area contributed by atoms with Crippen LogP contribution in [0.2, 0.25) is 0 Å². The van der Waals surface area contributed by atoms with E-state index in [1.165, 1.54) is 28.7 Å². The summed E-state index contributed by atoms with van der Waals surface area (Å²) in [6.07, 6.45) is 6.01. The summed E-state index contributed by atoms with van der Waals surface area (Å²) in [7, 11) is 0. The number of hydrogen-bond donors (Lipinski definition) is 1. The Morgan fingerprint density at radius 1 is 0.750 bits per heavy atom. The van der Waals surface area contributed by atoms with Crippen LogP contribution in [0, 0.1) is 0 Å². The molecule has 0 spiro atoms. The standard InChI is InChI=1S/C19H20O/c20-19-9-5-4-8-18(14-19)17-12-10-16(11-13-17)15-6-2-1-3-7-15/h1-3,6-7,10-14,19-20H,4-5,8-9H2. The fourth-order valence-electron chi connectivity index (χ4n) is 2.82. The molecule has 1 atom stereocenters. The van der Waals surface area contributed by atoms with Crippen molar-refractivity contribution in [1.82, 2.24) is 0 Å². The number of hydrogen-bond acceptors (Lipinski definition) is 1. The molecule has 0 saturated carbocycles. The molecule has 0 radical (unpaired) electrons. The number of aliphatic hydroxyl groups is 1. The van der Waals surface area contributed by atoms with Gasteiger partial charge in [-0.15, -0.1) is 0 Å². The number of aliphatic hydroxyl groups excluding tert-OH is 1. The zero-order valence-electron chi connectivity index (χ0n) is 11.6. The highest BCUT2D eigenvalue weighted by molar-refractivity contribution is 5.70. The monoisotopic (exact) mass is 264 g/mol. The molecular weight excluding hydrogens is 244 g/mol. The summed E-state index contributed by atoms with van der Waals surface area (Å²) in [5.41, 5.74) is 5.01. The first kappa shape index (κ1) is 13.1. The smallest absolute Gasteiger partial charge is 0.0726 e. The van der Waals surface area contributed by atoms with E-state index in [1.807, 2.05) is 12.1 Å². The van der Waals surface area contributed by atoms with Gasteiger partial charge in [0.05, 0.1) is 6.10 Å². The number of allylic oxidation sites excluding steroid dienone is 1. The predicted molar refractivity (Wildman–Crippen MR) is 84.3 cm³/mol. The lowest BCUT2D eigenvalue weighted by Crippen LogP contribution is -2.00. The zero-order chi connectivity index (χ0) is 13.8. The lowest BCUT2D eigenvalue weighted by molar-refractivity contribution is 0.211. The Labute approximate surface area is 120 Å². The molecule has 1 aliphatic rings. The quantitative estimate of drug-likeness (QED) is 0.835. The molecule has 0 aliphatic heterocycles. The van der Waals surface area contributed by atoms with Crippen molar-refractivity contribution in [3.05, 3.63) is 66.2 Å². The summed E-state index contributed by atoms with van der Waals surface area (Å²) in [4.78, 5) is 0. The van der Waals surface area contributed by atoms with Crippen molar-refractivity contribution >= 4 is 5.57 Å². The molecule has 0 saturated heterocycles. The Bertz CT molecular complexity index is 581. The van der Waals surface area contributed by atoms with E-state index in [2.05, 4.69) is 48.5 Å². The minimum Gasteiger partial charge on any atom is -0.389 e. The van der Waals surface area contributed by atoms with Crippen molar-refractivity contribution in [3.8, 4) is 11.1 Å². The van der Waals surface area contributed by atoms with Gasteiger partial charge in [-0.2, -0.15) is 0 Å². The molecule has 1 unspecified atom stereocenters. The lowest BCUT2D eigenvalue weighted by atomic mass is 9.98. The van der Waals surface area contributed by atoms with Crippen LogP contribution in [0.15, 0.2) is 60.7 Å². The van der Waals surface area contributed by atoms with Gasteiger partial charge in [0.25, 0.3) is 0 Å². The molecule has 20 heavy (non-hydrogen) atoms. The van der Waals surface area contributed by atoms with Gasteiger partial charge in [-0.3, -0.25) is 0 Å². The summed E-state index contributed by atoms with van der Waals surface area (Å²) >= 11 is 0. The Hall–Kier alpha value is -1.86. The van der Waals surface area contributed by atoms with Crippen LogP contribution in [-0.4, -0.2) is 11.2 Å². The first-order valence-electron chi connectivity index (χ1n) is 7.37. The molecule has 3 rings (SSSR count). The molecule has 0 amide bonds. The van der Waals surface area contributed by atoms with Gasteiger partial charge in [-0.1, -0.05) is 67.1 Å². The highest BCUT2D eigenvalue weighted by atomic mass is 16.3. The molecule has 1 heteroatoms.